The number of allylic oxidation sites excluding steroid dienone is 4. The minimum Gasteiger partial charge on any atom is -0.311 e. The van der Waals surface area contributed by atoms with Crippen LogP contribution in [0, 0.1) is 10.1 Å². The number of pyridine rings is 1. The van der Waals surface area contributed by atoms with Crippen LogP contribution in [0.5, 0.6) is 0 Å². The van der Waals surface area contributed by atoms with Gasteiger partial charge in [-0.3, -0.25) is 14.9 Å². The molecule has 1 aromatic heterocycles. The molecular formula is C23H35N3O3. The van der Waals surface area contributed by atoms with Crippen molar-refractivity contribution in [3.05, 3.63) is 52.7 Å². The normalized spacial score (nSPS) is 11.3. The maximum Gasteiger partial charge on any atom is 0.287 e. The highest BCUT2D eigenvalue weighted by Crippen LogP contribution is 2.13. The summed E-state index contributed by atoms with van der Waals surface area (Å²) in [7, 11) is 0. The zero-order chi connectivity index (χ0) is 21.2. The van der Waals surface area contributed by atoms with Gasteiger partial charge in [0.05, 0.1) is 4.92 Å². The van der Waals surface area contributed by atoms with E-state index in [1.165, 1.54) is 50.7 Å². The third-order valence-electron chi connectivity index (χ3n) is 4.58. The summed E-state index contributed by atoms with van der Waals surface area (Å²) in [6.45, 7) is 2.23. The molecule has 0 fully saturated rings. The summed E-state index contributed by atoms with van der Waals surface area (Å²) in [6, 6.07) is 2.78. The molecule has 1 rings (SSSR count). The van der Waals surface area contributed by atoms with E-state index in [1.54, 1.807) is 0 Å². The lowest BCUT2D eigenvalue weighted by Gasteiger charge is -2.04. The smallest absolute Gasteiger partial charge is 0.287 e. The lowest BCUT2D eigenvalue weighted by Crippen LogP contribution is -2.12. The van der Waals surface area contributed by atoms with Crippen LogP contribution in [0.3, 0.4) is 0 Å². The Hall–Kier alpha value is -2.50. The number of carbonyl (C=O) groups is 1. The van der Waals surface area contributed by atoms with E-state index >= 15 is 0 Å². The predicted octanol–water partition coefficient (Wildman–Crippen LogP) is 6.74. The number of nitro groups is 1. The van der Waals surface area contributed by atoms with Crippen LogP contribution in [-0.2, 0) is 4.79 Å². The minimum absolute atomic E-state index is 0.0864. The molecule has 1 N–H and O–H groups in total. The van der Waals surface area contributed by atoms with Crippen molar-refractivity contribution in [2.75, 3.05) is 5.32 Å². The Balaban J connectivity index is 1.96. The van der Waals surface area contributed by atoms with Crippen LogP contribution in [0.15, 0.2) is 42.6 Å². The van der Waals surface area contributed by atoms with Crippen LogP contribution < -0.4 is 5.32 Å². The van der Waals surface area contributed by atoms with Gasteiger partial charge in [-0.1, -0.05) is 63.3 Å². The predicted molar refractivity (Wildman–Crippen MR) is 119 cm³/mol. The number of nitrogens with zero attached hydrogens (tertiary/aromatic N) is 2. The van der Waals surface area contributed by atoms with Gasteiger partial charge in [0.15, 0.2) is 0 Å². The highest BCUT2D eigenvalue weighted by atomic mass is 16.6. The van der Waals surface area contributed by atoms with Gasteiger partial charge in [0.25, 0.3) is 5.69 Å². The molecule has 0 saturated carbocycles. The third-order valence-corrected chi connectivity index (χ3v) is 4.58. The Morgan fingerprint density at radius 1 is 1.00 bits per heavy atom. The first-order valence-electron chi connectivity index (χ1n) is 10.8. The molecule has 0 bridgehead atoms. The molecule has 0 saturated heterocycles. The molecule has 0 unspecified atom stereocenters. The fourth-order valence-electron chi connectivity index (χ4n) is 2.87. The fraction of sp³-hybridized carbons (Fsp3) is 0.565. The van der Waals surface area contributed by atoms with Gasteiger partial charge < -0.3 is 5.32 Å². The molecule has 0 aliphatic carbocycles. The van der Waals surface area contributed by atoms with Gasteiger partial charge in [0.2, 0.25) is 5.91 Å². The molecule has 29 heavy (non-hydrogen) atoms. The Kier molecular flexibility index (Phi) is 13.9. The second-order valence-corrected chi connectivity index (χ2v) is 7.19. The van der Waals surface area contributed by atoms with Crippen molar-refractivity contribution in [2.24, 2.45) is 0 Å². The van der Waals surface area contributed by atoms with E-state index in [-0.39, 0.29) is 11.6 Å². The van der Waals surface area contributed by atoms with Crippen molar-refractivity contribution < 1.29 is 9.72 Å². The molecule has 160 valence electrons. The molecule has 0 aliphatic rings. The number of hydrogen-bond acceptors (Lipinski definition) is 4. The zero-order valence-electron chi connectivity index (χ0n) is 17.6. The van der Waals surface area contributed by atoms with Crippen LogP contribution in [0.25, 0.3) is 0 Å². The summed E-state index contributed by atoms with van der Waals surface area (Å²) in [4.78, 5) is 25.8. The SMILES string of the molecule is CCCCC/C=C\C/C=C\CCCCCCCC(=O)Nc1ccc([N+](=O)[O-])cn1. The molecule has 0 spiro atoms. The van der Waals surface area contributed by atoms with E-state index in [9.17, 15) is 14.9 Å². The number of carbonyl (C=O) groups excluding carboxylic acids is 1. The van der Waals surface area contributed by atoms with Gasteiger partial charge in [-0.15, -0.1) is 0 Å². The molecule has 0 aromatic carbocycles. The van der Waals surface area contributed by atoms with E-state index in [4.69, 9.17) is 0 Å². The number of unbranched alkanes of at least 4 members (excludes halogenated alkanes) is 8. The molecule has 1 aromatic rings. The molecule has 6 nitrogen and oxygen atoms in total. The van der Waals surface area contributed by atoms with Crippen LogP contribution in [0.1, 0.15) is 84.0 Å². The first-order valence-corrected chi connectivity index (χ1v) is 10.8. The second kappa shape index (κ2) is 16.5. The van der Waals surface area contributed by atoms with Crippen molar-refractivity contribution >= 4 is 17.4 Å². The van der Waals surface area contributed by atoms with Gasteiger partial charge in [0, 0.05) is 12.5 Å². The number of rotatable bonds is 16. The highest BCUT2D eigenvalue weighted by molar-refractivity contribution is 5.89. The van der Waals surface area contributed by atoms with E-state index in [1.807, 2.05) is 0 Å². The Morgan fingerprint density at radius 2 is 1.66 bits per heavy atom. The van der Waals surface area contributed by atoms with Crippen molar-refractivity contribution in [1.82, 2.24) is 4.98 Å². The van der Waals surface area contributed by atoms with Crippen molar-refractivity contribution in [3.63, 3.8) is 0 Å². The fourth-order valence-corrected chi connectivity index (χ4v) is 2.87. The Bertz CT molecular complexity index is 639. The summed E-state index contributed by atoms with van der Waals surface area (Å²) >= 11 is 0. The van der Waals surface area contributed by atoms with E-state index < -0.39 is 4.92 Å². The first kappa shape index (κ1) is 24.5. The van der Waals surface area contributed by atoms with Crippen molar-refractivity contribution in [1.29, 1.82) is 0 Å². The van der Waals surface area contributed by atoms with Crippen molar-refractivity contribution in [3.8, 4) is 0 Å². The van der Waals surface area contributed by atoms with E-state index in [0.29, 0.717) is 12.2 Å². The molecule has 0 aliphatic heterocycles. The van der Waals surface area contributed by atoms with Crippen LogP contribution in [0.4, 0.5) is 11.5 Å². The van der Waals surface area contributed by atoms with E-state index in [0.717, 1.165) is 38.3 Å². The summed E-state index contributed by atoms with van der Waals surface area (Å²) in [6.07, 6.45) is 23.3. The summed E-state index contributed by atoms with van der Waals surface area (Å²) < 4.78 is 0. The molecule has 1 heterocycles. The monoisotopic (exact) mass is 401 g/mol. The number of amides is 1. The van der Waals surface area contributed by atoms with Crippen LogP contribution >= 0.6 is 0 Å². The van der Waals surface area contributed by atoms with Gasteiger partial charge in [0.1, 0.15) is 12.0 Å². The second-order valence-electron chi connectivity index (χ2n) is 7.19. The Labute approximate surface area is 174 Å². The standard InChI is InChI=1S/C23H35N3O3/c1-2-3-4-5-6-7-8-9-10-11-12-13-14-15-16-17-23(27)25-22-19-18-21(20-24-22)26(28)29/h6-7,9-10,18-20H,2-5,8,11-17H2,1H3,(H,24,25,27)/b7-6-,10-9-. The minimum atomic E-state index is -0.513. The summed E-state index contributed by atoms with van der Waals surface area (Å²) in [5, 5.41) is 13.2. The average molecular weight is 402 g/mol. The number of hydrogen-bond donors (Lipinski definition) is 1. The Morgan fingerprint density at radius 3 is 2.28 bits per heavy atom. The average Bonchev–Trinajstić information content (AvgIpc) is 2.71. The van der Waals surface area contributed by atoms with Crippen LogP contribution in [-0.4, -0.2) is 15.8 Å². The lowest BCUT2D eigenvalue weighted by atomic mass is 10.1. The lowest BCUT2D eigenvalue weighted by molar-refractivity contribution is -0.385. The van der Waals surface area contributed by atoms with E-state index in [2.05, 4.69) is 41.5 Å². The first-order chi connectivity index (χ1) is 14.1. The number of nitrogens with one attached hydrogen (secondary N) is 1. The summed E-state index contributed by atoms with van der Waals surface area (Å²) in [5.41, 5.74) is -0.0864. The summed E-state index contributed by atoms with van der Waals surface area (Å²) in [5.74, 6) is 0.250. The van der Waals surface area contributed by atoms with Crippen molar-refractivity contribution in [2.45, 2.75) is 84.0 Å². The zero-order valence-corrected chi connectivity index (χ0v) is 17.6. The van der Waals surface area contributed by atoms with Gasteiger partial charge >= 0.3 is 0 Å². The van der Waals surface area contributed by atoms with Gasteiger partial charge in [-0.2, -0.15) is 0 Å². The van der Waals surface area contributed by atoms with Gasteiger partial charge in [-0.05, 0) is 44.6 Å². The quantitative estimate of drug-likeness (QED) is 0.144. The largest absolute Gasteiger partial charge is 0.311 e. The van der Waals surface area contributed by atoms with Gasteiger partial charge in [-0.25, -0.2) is 4.98 Å². The topological polar surface area (TPSA) is 85.1 Å². The number of anilines is 1. The molecule has 1 amide bonds. The molecule has 0 radical (unpaired) electrons. The third kappa shape index (κ3) is 13.3. The maximum absolute atomic E-state index is 11.9. The van der Waals surface area contributed by atoms with Crippen LogP contribution in [0.2, 0.25) is 0 Å². The maximum atomic E-state index is 11.9. The molecular weight excluding hydrogens is 366 g/mol. The molecule has 6 heteroatoms. The highest BCUT2D eigenvalue weighted by Gasteiger charge is 2.07. The number of aromatic nitrogens is 1. The molecule has 0 atom stereocenters.